The number of nitrogens with two attached hydrogens (primary N) is 1. The molecule has 0 unspecified atom stereocenters. The summed E-state index contributed by atoms with van der Waals surface area (Å²) in [6, 6.07) is 5.67. The monoisotopic (exact) mass is 475 g/mol. The molecule has 1 saturated heterocycles. The molecule has 174 valence electrons. The Morgan fingerprint density at radius 3 is 2.74 bits per heavy atom. The first-order valence-corrected chi connectivity index (χ1v) is 12.5. The van der Waals surface area contributed by atoms with E-state index in [4.69, 9.17) is 19.6 Å². The molecular formula is C24H25N7O2S. The topological polar surface area (TPSA) is 121 Å². The van der Waals surface area contributed by atoms with Gasteiger partial charge < -0.3 is 19.5 Å². The van der Waals surface area contributed by atoms with Crippen LogP contribution in [0.4, 0.5) is 11.7 Å². The quantitative estimate of drug-likeness (QED) is 0.437. The molecule has 10 heteroatoms. The summed E-state index contributed by atoms with van der Waals surface area (Å²) in [6.45, 7) is 3.67. The lowest BCUT2D eigenvalue weighted by molar-refractivity contribution is 0.241. The lowest BCUT2D eigenvalue weighted by Crippen LogP contribution is -2.46. The molecule has 5 heterocycles. The van der Waals surface area contributed by atoms with Crippen LogP contribution in [0.3, 0.4) is 0 Å². The van der Waals surface area contributed by atoms with E-state index >= 15 is 0 Å². The summed E-state index contributed by atoms with van der Waals surface area (Å²) in [7, 11) is 0. The van der Waals surface area contributed by atoms with Gasteiger partial charge in [-0.25, -0.2) is 9.97 Å². The van der Waals surface area contributed by atoms with Crippen molar-refractivity contribution in [1.29, 1.82) is 5.26 Å². The summed E-state index contributed by atoms with van der Waals surface area (Å²) in [6.07, 6.45) is 7.50. The van der Waals surface area contributed by atoms with Crippen LogP contribution in [0.25, 0.3) is 21.9 Å². The van der Waals surface area contributed by atoms with Gasteiger partial charge in [0.1, 0.15) is 22.5 Å². The fraction of sp³-hybridized carbons (Fsp3) is 0.417. The van der Waals surface area contributed by atoms with E-state index in [9.17, 15) is 5.26 Å². The van der Waals surface area contributed by atoms with Crippen molar-refractivity contribution in [2.24, 2.45) is 0 Å². The second-order valence-corrected chi connectivity index (χ2v) is 9.88. The molecule has 0 aromatic carbocycles. The minimum absolute atomic E-state index is 0.277. The van der Waals surface area contributed by atoms with Crippen LogP contribution in [0.2, 0.25) is 0 Å². The van der Waals surface area contributed by atoms with E-state index in [2.05, 4.69) is 25.8 Å². The molecule has 4 aromatic heterocycles. The molecule has 2 N–H and O–H groups in total. The van der Waals surface area contributed by atoms with Crippen molar-refractivity contribution in [3.8, 4) is 17.7 Å². The van der Waals surface area contributed by atoms with Crippen molar-refractivity contribution in [2.75, 3.05) is 36.8 Å². The van der Waals surface area contributed by atoms with Crippen molar-refractivity contribution in [1.82, 2.24) is 19.9 Å². The van der Waals surface area contributed by atoms with Gasteiger partial charge in [0.05, 0.1) is 18.2 Å². The van der Waals surface area contributed by atoms with Crippen LogP contribution in [-0.2, 0) is 19.4 Å². The van der Waals surface area contributed by atoms with Gasteiger partial charge in [0.25, 0.3) is 5.89 Å². The number of oxazole rings is 1. The zero-order valence-corrected chi connectivity index (χ0v) is 19.6. The number of aryl methyl sites for hydroxylation is 2. The molecule has 0 spiro atoms. The van der Waals surface area contributed by atoms with Gasteiger partial charge in [-0.05, 0) is 43.4 Å². The molecule has 4 aromatic rings. The molecule has 0 bridgehead atoms. The number of furan rings is 1. The van der Waals surface area contributed by atoms with Crippen LogP contribution >= 0.6 is 11.3 Å². The molecule has 0 amide bonds. The smallest absolute Gasteiger partial charge is 0.266 e. The first-order chi connectivity index (χ1) is 16.7. The lowest BCUT2D eigenvalue weighted by atomic mass is 10.1. The number of anilines is 2. The maximum absolute atomic E-state index is 9.53. The Hall–Kier alpha value is -3.42. The van der Waals surface area contributed by atoms with Gasteiger partial charge in [-0.15, -0.1) is 11.3 Å². The molecule has 1 aliphatic carbocycles. The number of nitrogens with zero attached hydrogens (tertiary/aromatic N) is 6. The standard InChI is InChI=1S/C24H25N7O2S/c25-13-16-24(33-22(27-16)17-6-4-12-32-17)31-10-8-30(9-11-31)14-19-28-21(26)20-15-5-2-1-3-7-18(15)34-23(20)29-19/h4,6,12H,1-3,5,7-11,14H2,(H2,26,28,29). The van der Waals surface area contributed by atoms with E-state index in [-0.39, 0.29) is 5.69 Å². The zero-order valence-electron chi connectivity index (χ0n) is 18.8. The van der Waals surface area contributed by atoms with Crippen molar-refractivity contribution in [3.05, 3.63) is 40.4 Å². The number of hydrogen-bond donors (Lipinski definition) is 1. The summed E-state index contributed by atoms with van der Waals surface area (Å²) in [5.74, 6) is 2.72. The lowest BCUT2D eigenvalue weighted by Gasteiger charge is -2.34. The maximum atomic E-state index is 9.53. The summed E-state index contributed by atoms with van der Waals surface area (Å²) in [5.41, 5.74) is 8.08. The van der Waals surface area contributed by atoms with E-state index in [0.29, 0.717) is 43.0 Å². The second-order valence-electron chi connectivity index (χ2n) is 8.79. The fourth-order valence-corrected chi connectivity index (χ4v) is 6.18. The predicted molar refractivity (Wildman–Crippen MR) is 129 cm³/mol. The number of hydrogen-bond acceptors (Lipinski definition) is 10. The Balaban J connectivity index is 1.16. The van der Waals surface area contributed by atoms with Crippen molar-refractivity contribution >= 4 is 33.3 Å². The molecule has 6 rings (SSSR count). The highest BCUT2D eigenvalue weighted by Crippen LogP contribution is 2.37. The Labute approximate surface area is 200 Å². The Bertz CT molecular complexity index is 1360. The number of thiophene rings is 1. The van der Waals surface area contributed by atoms with E-state index in [1.54, 1.807) is 29.7 Å². The van der Waals surface area contributed by atoms with Crippen LogP contribution in [-0.4, -0.2) is 46.0 Å². The van der Waals surface area contributed by atoms with Crippen LogP contribution < -0.4 is 10.6 Å². The van der Waals surface area contributed by atoms with Gasteiger partial charge in [-0.1, -0.05) is 6.42 Å². The van der Waals surface area contributed by atoms with Crippen molar-refractivity contribution < 1.29 is 8.83 Å². The van der Waals surface area contributed by atoms with Gasteiger partial charge in [0.2, 0.25) is 11.6 Å². The van der Waals surface area contributed by atoms with Gasteiger partial charge in [0.15, 0.2) is 5.76 Å². The first kappa shape index (κ1) is 21.1. The number of piperazine rings is 1. The van der Waals surface area contributed by atoms with Crippen molar-refractivity contribution in [3.63, 3.8) is 0 Å². The van der Waals surface area contributed by atoms with Crippen molar-refractivity contribution in [2.45, 2.75) is 38.6 Å². The number of nitriles is 1. The van der Waals surface area contributed by atoms with Gasteiger partial charge >= 0.3 is 0 Å². The van der Waals surface area contributed by atoms with Crippen LogP contribution in [0, 0.1) is 11.3 Å². The molecule has 1 aliphatic heterocycles. The van der Waals surface area contributed by atoms with Gasteiger partial charge in [-0.2, -0.15) is 10.2 Å². The molecule has 1 fully saturated rings. The number of rotatable bonds is 4. The highest BCUT2D eigenvalue weighted by molar-refractivity contribution is 7.19. The summed E-state index contributed by atoms with van der Waals surface area (Å²) >= 11 is 1.79. The van der Waals surface area contributed by atoms with Crippen LogP contribution in [0.1, 0.15) is 41.2 Å². The maximum Gasteiger partial charge on any atom is 0.266 e. The molecule has 2 aliphatic rings. The molecular weight excluding hydrogens is 450 g/mol. The third-order valence-electron chi connectivity index (χ3n) is 6.61. The number of aromatic nitrogens is 3. The molecule has 0 saturated carbocycles. The zero-order chi connectivity index (χ0) is 23.1. The highest BCUT2D eigenvalue weighted by Gasteiger charge is 2.26. The van der Waals surface area contributed by atoms with Crippen LogP contribution in [0.15, 0.2) is 27.2 Å². The molecule has 0 atom stereocenters. The summed E-state index contributed by atoms with van der Waals surface area (Å²) in [5, 5.41) is 10.6. The van der Waals surface area contributed by atoms with Gasteiger partial charge in [-0.3, -0.25) is 4.90 Å². The normalized spacial score (nSPS) is 17.0. The van der Waals surface area contributed by atoms with Gasteiger partial charge in [0, 0.05) is 31.1 Å². The van der Waals surface area contributed by atoms with E-state index in [1.165, 1.54) is 29.7 Å². The average molecular weight is 476 g/mol. The number of fused-ring (bicyclic) bond motifs is 3. The first-order valence-electron chi connectivity index (χ1n) is 11.7. The Kier molecular flexibility index (Phi) is 5.43. The largest absolute Gasteiger partial charge is 0.459 e. The van der Waals surface area contributed by atoms with Crippen LogP contribution in [0.5, 0.6) is 0 Å². The number of nitrogen functional groups attached to an aromatic ring is 1. The summed E-state index contributed by atoms with van der Waals surface area (Å²) in [4.78, 5) is 20.7. The predicted octanol–water partition coefficient (Wildman–Crippen LogP) is 3.98. The third kappa shape index (κ3) is 3.81. The third-order valence-corrected chi connectivity index (χ3v) is 7.80. The Morgan fingerprint density at radius 2 is 1.94 bits per heavy atom. The minimum atomic E-state index is 0.277. The highest BCUT2D eigenvalue weighted by atomic mass is 32.1. The fourth-order valence-electron chi connectivity index (χ4n) is 4.89. The summed E-state index contributed by atoms with van der Waals surface area (Å²) < 4.78 is 11.3. The second kappa shape index (κ2) is 8.74. The minimum Gasteiger partial charge on any atom is -0.459 e. The molecule has 34 heavy (non-hydrogen) atoms. The van der Waals surface area contributed by atoms with E-state index in [0.717, 1.165) is 42.0 Å². The van der Waals surface area contributed by atoms with E-state index < -0.39 is 0 Å². The Morgan fingerprint density at radius 1 is 1.09 bits per heavy atom. The van der Waals surface area contributed by atoms with E-state index in [1.807, 2.05) is 0 Å². The molecule has 0 radical (unpaired) electrons. The molecule has 9 nitrogen and oxygen atoms in total. The average Bonchev–Trinajstić information content (AvgIpc) is 3.55. The SMILES string of the molecule is N#Cc1nc(-c2ccco2)oc1N1CCN(Cc2nc(N)c3c4c(sc3n2)CCCCC4)CC1.